The van der Waals surface area contributed by atoms with Crippen LogP contribution in [0.1, 0.15) is 38.7 Å². The van der Waals surface area contributed by atoms with E-state index in [0.29, 0.717) is 13.0 Å². The molecule has 0 aliphatic carbocycles. The molecule has 4 nitrogen and oxygen atoms in total. The van der Waals surface area contributed by atoms with Crippen LogP contribution in [-0.4, -0.2) is 30.2 Å². The molecule has 0 aromatic heterocycles. The third-order valence-electron chi connectivity index (χ3n) is 3.49. The summed E-state index contributed by atoms with van der Waals surface area (Å²) >= 11 is 0. The van der Waals surface area contributed by atoms with E-state index in [1.807, 2.05) is 51.1 Å². The highest BCUT2D eigenvalue weighted by Crippen LogP contribution is 2.20. The molecule has 5 heteroatoms. The second kappa shape index (κ2) is 9.03. The third-order valence-corrected chi connectivity index (χ3v) is 3.49. The first kappa shape index (κ1) is 19.9. The van der Waals surface area contributed by atoms with E-state index in [-0.39, 0.29) is 36.3 Å². The van der Waals surface area contributed by atoms with E-state index in [9.17, 15) is 4.79 Å². The smallest absolute Gasteiger partial charge is 0.237 e. The number of aliphatic hydroxyl groups excluding tert-OH is 1. The van der Waals surface area contributed by atoms with Gasteiger partial charge in [0.15, 0.2) is 0 Å². The monoisotopic (exact) mass is 314 g/mol. The van der Waals surface area contributed by atoms with Gasteiger partial charge in [0.25, 0.3) is 0 Å². The number of nitrogens with two attached hydrogens (primary N) is 1. The summed E-state index contributed by atoms with van der Waals surface area (Å²) in [4.78, 5) is 12.0. The molecule has 2 atom stereocenters. The van der Waals surface area contributed by atoms with Gasteiger partial charge in [-0.05, 0) is 17.4 Å². The molecule has 0 aliphatic rings. The van der Waals surface area contributed by atoms with Crippen molar-refractivity contribution >= 4 is 18.3 Å². The van der Waals surface area contributed by atoms with Crippen LogP contribution in [0.5, 0.6) is 0 Å². The maximum absolute atomic E-state index is 12.0. The van der Waals surface area contributed by atoms with Gasteiger partial charge in [0.1, 0.15) is 0 Å². The minimum atomic E-state index is -0.534. The van der Waals surface area contributed by atoms with E-state index in [0.717, 1.165) is 5.56 Å². The highest BCUT2D eigenvalue weighted by Gasteiger charge is 2.27. The van der Waals surface area contributed by atoms with Crippen molar-refractivity contribution in [1.29, 1.82) is 0 Å². The lowest BCUT2D eigenvalue weighted by Gasteiger charge is -2.27. The predicted octanol–water partition coefficient (Wildman–Crippen LogP) is 2.06. The van der Waals surface area contributed by atoms with Crippen molar-refractivity contribution in [2.75, 3.05) is 13.2 Å². The highest BCUT2D eigenvalue weighted by atomic mass is 35.5. The molecular formula is C16H27ClN2O2. The van der Waals surface area contributed by atoms with E-state index < -0.39 is 6.04 Å². The fraction of sp³-hybridized carbons (Fsp3) is 0.562. The Bertz CT molecular complexity index is 418. The van der Waals surface area contributed by atoms with Crippen molar-refractivity contribution in [3.05, 3.63) is 35.9 Å². The Morgan fingerprint density at radius 2 is 1.86 bits per heavy atom. The fourth-order valence-electron chi connectivity index (χ4n) is 1.99. The van der Waals surface area contributed by atoms with Crippen LogP contribution in [0, 0.1) is 5.41 Å². The molecule has 21 heavy (non-hydrogen) atoms. The molecular weight excluding hydrogens is 288 g/mol. The van der Waals surface area contributed by atoms with E-state index in [2.05, 4.69) is 5.32 Å². The summed E-state index contributed by atoms with van der Waals surface area (Å²) in [5.74, 6) is -0.0336. The van der Waals surface area contributed by atoms with Gasteiger partial charge in [-0.25, -0.2) is 0 Å². The third kappa shape index (κ3) is 6.46. The highest BCUT2D eigenvalue weighted by molar-refractivity contribution is 5.85. The Morgan fingerprint density at radius 3 is 2.33 bits per heavy atom. The molecule has 1 rings (SSSR count). The zero-order valence-electron chi connectivity index (χ0n) is 13.0. The molecule has 0 saturated carbocycles. The number of carbonyl (C=O) groups is 1. The second-order valence-electron chi connectivity index (χ2n) is 6.21. The number of rotatable bonds is 6. The zero-order valence-corrected chi connectivity index (χ0v) is 13.8. The van der Waals surface area contributed by atoms with E-state index in [4.69, 9.17) is 10.8 Å². The molecule has 4 N–H and O–H groups in total. The molecule has 0 bridgehead atoms. The van der Waals surface area contributed by atoms with Crippen molar-refractivity contribution in [2.24, 2.45) is 11.1 Å². The maximum atomic E-state index is 12.0. The molecule has 1 aromatic carbocycles. The standard InChI is InChI=1S/C16H26N2O2.ClH/c1-16(2,3)14(17)15(20)18-11-13(9-10-19)12-7-5-4-6-8-12;/h4-8,13-14,19H,9-11,17H2,1-3H3,(H,18,20);1H/t13?,14-;/m1./s1. The van der Waals surface area contributed by atoms with Crippen molar-refractivity contribution in [3.63, 3.8) is 0 Å². The predicted molar refractivity (Wildman–Crippen MR) is 88.6 cm³/mol. The number of halogens is 1. The summed E-state index contributed by atoms with van der Waals surface area (Å²) in [5, 5.41) is 12.1. The van der Waals surface area contributed by atoms with Gasteiger partial charge in [-0.1, -0.05) is 51.1 Å². The normalized spacial score (nSPS) is 14.0. The first-order chi connectivity index (χ1) is 9.36. The van der Waals surface area contributed by atoms with Crippen LogP contribution < -0.4 is 11.1 Å². The first-order valence-corrected chi connectivity index (χ1v) is 7.05. The zero-order chi connectivity index (χ0) is 15.2. The van der Waals surface area contributed by atoms with Crippen molar-refractivity contribution in [2.45, 2.75) is 39.2 Å². The number of carbonyl (C=O) groups excluding carboxylic acids is 1. The SMILES string of the molecule is CC(C)(C)[C@H](N)C(=O)NCC(CCO)c1ccccc1.Cl. The second-order valence-corrected chi connectivity index (χ2v) is 6.21. The number of amides is 1. The van der Waals surface area contributed by atoms with Crippen molar-refractivity contribution in [1.82, 2.24) is 5.32 Å². The van der Waals surface area contributed by atoms with E-state index in [1.54, 1.807) is 0 Å². The summed E-state index contributed by atoms with van der Waals surface area (Å²) in [6, 6.07) is 9.36. The van der Waals surface area contributed by atoms with Crippen LogP contribution >= 0.6 is 12.4 Å². The van der Waals surface area contributed by atoms with Gasteiger partial charge >= 0.3 is 0 Å². The summed E-state index contributed by atoms with van der Waals surface area (Å²) in [7, 11) is 0. The topological polar surface area (TPSA) is 75.4 Å². The fourth-order valence-corrected chi connectivity index (χ4v) is 1.99. The van der Waals surface area contributed by atoms with Gasteiger partial charge in [-0.2, -0.15) is 0 Å². The number of benzene rings is 1. The lowest BCUT2D eigenvalue weighted by molar-refractivity contribution is -0.124. The van der Waals surface area contributed by atoms with Gasteiger partial charge in [-0.3, -0.25) is 4.79 Å². The molecule has 0 radical (unpaired) electrons. The molecule has 1 unspecified atom stereocenters. The van der Waals surface area contributed by atoms with Gasteiger partial charge in [-0.15, -0.1) is 12.4 Å². The van der Waals surface area contributed by atoms with Gasteiger partial charge in [0, 0.05) is 19.1 Å². The minimum Gasteiger partial charge on any atom is -0.396 e. The first-order valence-electron chi connectivity index (χ1n) is 7.05. The summed E-state index contributed by atoms with van der Waals surface area (Å²) in [6.07, 6.45) is 0.620. The molecule has 1 amide bonds. The number of aliphatic hydroxyl groups is 1. The van der Waals surface area contributed by atoms with Crippen LogP contribution in [0.25, 0.3) is 0 Å². The van der Waals surface area contributed by atoms with Gasteiger partial charge in [0.05, 0.1) is 6.04 Å². The van der Waals surface area contributed by atoms with Crippen molar-refractivity contribution in [3.8, 4) is 0 Å². The minimum absolute atomic E-state index is 0. The largest absolute Gasteiger partial charge is 0.396 e. The van der Waals surface area contributed by atoms with Crippen LogP contribution in [0.4, 0.5) is 0 Å². The molecule has 120 valence electrons. The number of nitrogens with one attached hydrogen (secondary N) is 1. The summed E-state index contributed by atoms with van der Waals surface area (Å²) in [6.45, 7) is 6.42. The van der Waals surface area contributed by atoms with Crippen LogP contribution in [0.15, 0.2) is 30.3 Å². The van der Waals surface area contributed by atoms with Crippen LogP contribution in [0.2, 0.25) is 0 Å². The average Bonchev–Trinajstić information content (AvgIpc) is 2.42. The van der Waals surface area contributed by atoms with Crippen LogP contribution in [-0.2, 0) is 4.79 Å². The van der Waals surface area contributed by atoms with Gasteiger partial charge in [0.2, 0.25) is 5.91 Å². The molecule has 0 aliphatic heterocycles. The summed E-state index contributed by atoms with van der Waals surface area (Å²) < 4.78 is 0. The molecule has 0 spiro atoms. The Morgan fingerprint density at radius 1 is 1.29 bits per heavy atom. The Hall–Kier alpha value is -1.10. The Labute approximate surface area is 133 Å². The Kier molecular flexibility index (Phi) is 8.55. The maximum Gasteiger partial charge on any atom is 0.237 e. The van der Waals surface area contributed by atoms with E-state index in [1.165, 1.54) is 0 Å². The molecule has 1 aromatic rings. The summed E-state index contributed by atoms with van der Waals surface area (Å²) in [5.41, 5.74) is 6.79. The lowest BCUT2D eigenvalue weighted by Crippen LogP contribution is -2.49. The quantitative estimate of drug-likeness (QED) is 0.752. The number of hydrogen-bond acceptors (Lipinski definition) is 3. The van der Waals surface area contributed by atoms with Gasteiger partial charge < -0.3 is 16.2 Å². The lowest BCUT2D eigenvalue weighted by atomic mass is 9.86. The molecule has 0 heterocycles. The molecule has 0 saturated heterocycles. The van der Waals surface area contributed by atoms with Crippen molar-refractivity contribution < 1.29 is 9.90 Å². The molecule has 0 fully saturated rings. The average molecular weight is 315 g/mol. The van der Waals surface area contributed by atoms with Crippen LogP contribution in [0.3, 0.4) is 0 Å². The van der Waals surface area contributed by atoms with E-state index >= 15 is 0 Å². The Balaban J connectivity index is 0.00000400. The number of hydrogen-bond donors (Lipinski definition) is 3.